The maximum atomic E-state index is 12.0. The number of aromatic nitrogens is 1. The Balaban J connectivity index is 1.70. The number of hydrogen-bond donors (Lipinski definition) is 1. The minimum absolute atomic E-state index is 0.0619. The number of likely N-dealkylation sites (tertiary alicyclic amines) is 1. The zero-order chi connectivity index (χ0) is 23.3. The van der Waals surface area contributed by atoms with E-state index in [0.29, 0.717) is 30.1 Å². The topological polar surface area (TPSA) is 62.5 Å². The molecule has 2 aromatic rings. The Labute approximate surface area is 192 Å². The van der Waals surface area contributed by atoms with E-state index in [1.165, 1.54) is 5.69 Å². The van der Waals surface area contributed by atoms with Crippen LogP contribution in [0, 0.1) is 13.8 Å². The van der Waals surface area contributed by atoms with Gasteiger partial charge in [-0.1, -0.05) is 31.4 Å². The van der Waals surface area contributed by atoms with Gasteiger partial charge in [-0.05, 0) is 70.5 Å². The predicted octanol–water partition coefficient (Wildman–Crippen LogP) is 4.96. The molecule has 0 spiro atoms. The standard InChI is InChI=1S/C27H36N4O/c1-19-9-10-25(23(5)32)17-27(19)31(16-11-20(2)28)22(4)18-30-14-12-24(13-15-30)26-8-6-7-21(3)29-26/h6-10,17,24H,2,4,11-16,18,28H2,1,3,5H3. The molecule has 5 nitrogen and oxygen atoms in total. The van der Waals surface area contributed by atoms with Crippen LogP contribution in [0.4, 0.5) is 5.69 Å². The molecule has 0 unspecified atom stereocenters. The monoisotopic (exact) mass is 432 g/mol. The average Bonchev–Trinajstić information content (AvgIpc) is 2.75. The summed E-state index contributed by atoms with van der Waals surface area (Å²) < 4.78 is 0. The first-order valence-corrected chi connectivity index (χ1v) is 11.4. The highest BCUT2D eigenvalue weighted by atomic mass is 16.1. The molecule has 1 aliphatic rings. The molecule has 5 heteroatoms. The molecule has 2 N–H and O–H groups in total. The van der Waals surface area contributed by atoms with Gasteiger partial charge in [0, 0.05) is 59.5 Å². The Bertz CT molecular complexity index is 989. The average molecular weight is 433 g/mol. The summed E-state index contributed by atoms with van der Waals surface area (Å²) in [5, 5.41) is 0. The third-order valence-corrected chi connectivity index (χ3v) is 6.27. The van der Waals surface area contributed by atoms with Crippen molar-refractivity contribution in [1.29, 1.82) is 0 Å². The third kappa shape index (κ3) is 6.07. The SMILES string of the molecule is C=C(N)CCN(C(=C)CN1CCC(c2cccc(C)n2)CC1)c1cc(C(C)=O)ccc1C. The molecule has 0 radical (unpaired) electrons. The number of carbonyl (C=O) groups is 1. The van der Waals surface area contributed by atoms with Gasteiger partial charge in [-0.3, -0.25) is 14.7 Å². The normalized spacial score (nSPS) is 14.8. The Morgan fingerprint density at radius 3 is 2.53 bits per heavy atom. The fourth-order valence-electron chi connectivity index (χ4n) is 4.35. The Hall–Kier alpha value is -2.92. The maximum absolute atomic E-state index is 12.0. The van der Waals surface area contributed by atoms with E-state index in [9.17, 15) is 4.79 Å². The van der Waals surface area contributed by atoms with Gasteiger partial charge in [-0.2, -0.15) is 0 Å². The second-order valence-electron chi connectivity index (χ2n) is 8.94. The van der Waals surface area contributed by atoms with Gasteiger partial charge in [0.15, 0.2) is 5.78 Å². The van der Waals surface area contributed by atoms with Gasteiger partial charge in [-0.15, -0.1) is 0 Å². The van der Waals surface area contributed by atoms with E-state index in [-0.39, 0.29) is 5.78 Å². The van der Waals surface area contributed by atoms with E-state index < -0.39 is 0 Å². The molecule has 3 rings (SSSR count). The second kappa shape index (κ2) is 10.6. The second-order valence-corrected chi connectivity index (χ2v) is 8.94. The lowest BCUT2D eigenvalue weighted by Gasteiger charge is -2.36. The molecule has 0 bridgehead atoms. The largest absolute Gasteiger partial charge is 0.402 e. The van der Waals surface area contributed by atoms with Crippen LogP contribution < -0.4 is 10.6 Å². The van der Waals surface area contributed by atoms with Gasteiger partial charge in [0.2, 0.25) is 0 Å². The summed E-state index contributed by atoms with van der Waals surface area (Å²) in [5.74, 6) is 0.581. The Kier molecular flexibility index (Phi) is 7.86. The molecular weight excluding hydrogens is 396 g/mol. The van der Waals surface area contributed by atoms with Crippen molar-refractivity contribution in [1.82, 2.24) is 9.88 Å². The smallest absolute Gasteiger partial charge is 0.159 e. The van der Waals surface area contributed by atoms with Crippen molar-refractivity contribution in [3.63, 3.8) is 0 Å². The van der Waals surface area contributed by atoms with Crippen LogP contribution in [0.15, 0.2) is 61.0 Å². The van der Waals surface area contributed by atoms with E-state index in [0.717, 1.165) is 55.1 Å². The van der Waals surface area contributed by atoms with Crippen LogP contribution in [0.2, 0.25) is 0 Å². The van der Waals surface area contributed by atoms with E-state index in [4.69, 9.17) is 10.7 Å². The minimum Gasteiger partial charge on any atom is -0.402 e. The summed E-state index contributed by atoms with van der Waals surface area (Å²) in [5.41, 5.74) is 12.7. The molecule has 0 aliphatic carbocycles. The van der Waals surface area contributed by atoms with E-state index in [1.807, 2.05) is 18.2 Å². The van der Waals surface area contributed by atoms with Crippen molar-refractivity contribution in [3.8, 4) is 0 Å². The molecule has 0 saturated carbocycles. The molecule has 0 atom stereocenters. The van der Waals surface area contributed by atoms with Crippen molar-refractivity contribution < 1.29 is 4.79 Å². The zero-order valence-corrected chi connectivity index (χ0v) is 19.7. The fraction of sp³-hybridized carbons (Fsp3) is 0.407. The number of benzene rings is 1. The fourth-order valence-corrected chi connectivity index (χ4v) is 4.35. The van der Waals surface area contributed by atoms with E-state index >= 15 is 0 Å². The number of pyridine rings is 1. The molecule has 1 saturated heterocycles. The number of piperidine rings is 1. The number of ketones is 1. The summed E-state index contributed by atoms with van der Waals surface area (Å²) in [6, 6.07) is 12.2. The Morgan fingerprint density at radius 1 is 1.19 bits per heavy atom. The van der Waals surface area contributed by atoms with Crippen LogP contribution in [-0.4, -0.2) is 41.8 Å². The summed E-state index contributed by atoms with van der Waals surface area (Å²) in [4.78, 5) is 21.4. The van der Waals surface area contributed by atoms with Gasteiger partial charge in [0.1, 0.15) is 0 Å². The lowest BCUT2D eigenvalue weighted by molar-refractivity contribution is 0.101. The lowest BCUT2D eigenvalue weighted by Crippen LogP contribution is -2.38. The quantitative estimate of drug-likeness (QED) is 0.567. The molecule has 170 valence electrons. The minimum atomic E-state index is 0.0619. The van der Waals surface area contributed by atoms with E-state index in [1.54, 1.807) is 6.92 Å². The summed E-state index contributed by atoms with van der Waals surface area (Å²) >= 11 is 0. The van der Waals surface area contributed by atoms with Crippen LogP contribution in [0.5, 0.6) is 0 Å². The van der Waals surface area contributed by atoms with Crippen LogP contribution >= 0.6 is 0 Å². The van der Waals surface area contributed by atoms with Crippen molar-refractivity contribution in [2.24, 2.45) is 5.73 Å². The van der Waals surface area contributed by atoms with Crippen LogP contribution in [0.25, 0.3) is 0 Å². The number of rotatable bonds is 9. The summed E-state index contributed by atoms with van der Waals surface area (Å²) in [6.45, 7) is 17.5. The molecule has 1 aromatic carbocycles. The Morgan fingerprint density at radius 2 is 1.91 bits per heavy atom. The first kappa shape index (κ1) is 23.7. The summed E-state index contributed by atoms with van der Waals surface area (Å²) in [6.07, 6.45) is 2.87. The van der Waals surface area contributed by atoms with Gasteiger partial charge >= 0.3 is 0 Å². The highest BCUT2D eigenvalue weighted by Crippen LogP contribution is 2.29. The number of nitrogens with zero attached hydrogens (tertiary/aromatic N) is 3. The molecule has 1 aromatic heterocycles. The molecule has 2 heterocycles. The first-order chi connectivity index (χ1) is 15.2. The van der Waals surface area contributed by atoms with E-state index in [2.05, 4.69) is 55.0 Å². The number of nitrogens with two attached hydrogens (primary N) is 1. The van der Waals surface area contributed by atoms with Gasteiger partial charge in [0.25, 0.3) is 0 Å². The molecule has 1 fully saturated rings. The van der Waals surface area contributed by atoms with Crippen molar-refractivity contribution in [2.45, 2.75) is 46.0 Å². The molecule has 0 amide bonds. The number of anilines is 1. The highest BCUT2D eigenvalue weighted by Gasteiger charge is 2.23. The van der Waals surface area contributed by atoms with Crippen LogP contribution in [0.3, 0.4) is 0 Å². The lowest BCUT2D eigenvalue weighted by atomic mass is 9.93. The van der Waals surface area contributed by atoms with Crippen LogP contribution in [-0.2, 0) is 0 Å². The van der Waals surface area contributed by atoms with Crippen molar-refractivity contribution >= 4 is 11.5 Å². The zero-order valence-electron chi connectivity index (χ0n) is 19.7. The number of carbonyl (C=O) groups excluding carboxylic acids is 1. The number of Topliss-reactive ketones (excluding diaryl/α,β-unsaturated/α-hetero) is 1. The summed E-state index contributed by atoms with van der Waals surface area (Å²) in [7, 11) is 0. The van der Waals surface area contributed by atoms with Gasteiger partial charge in [-0.25, -0.2) is 0 Å². The third-order valence-electron chi connectivity index (χ3n) is 6.27. The molecule has 1 aliphatic heterocycles. The van der Waals surface area contributed by atoms with Crippen molar-refractivity contribution in [2.75, 3.05) is 31.1 Å². The molecular formula is C27H36N4O. The number of hydrogen-bond acceptors (Lipinski definition) is 5. The van der Waals surface area contributed by atoms with Crippen LogP contribution in [0.1, 0.15) is 59.4 Å². The van der Waals surface area contributed by atoms with Gasteiger partial charge < -0.3 is 10.6 Å². The number of aryl methyl sites for hydroxylation is 2. The highest BCUT2D eigenvalue weighted by molar-refractivity contribution is 5.95. The maximum Gasteiger partial charge on any atom is 0.159 e. The molecule has 32 heavy (non-hydrogen) atoms. The van der Waals surface area contributed by atoms with Crippen molar-refractivity contribution in [3.05, 3.63) is 83.5 Å². The first-order valence-electron chi connectivity index (χ1n) is 11.4. The predicted molar refractivity (Wildman–Crippen MR) is 133 cm³/mol. The van der Waals surface area contributed by atoms with Gasteiger partial charge in [0.05, 0.1) is 0 Å².